The summed E-state index contributed by atoms with van der Waals surface area (Å²) >= 11 is 1.88. The normalized spacial score (nSPS) is 18.7. The second-order valence-corrected chi connectivity index (χ2v) is 6.43. The number of aryl methyl sites for hydroxylation is 1. The van der Waals surface area contributed by atoms with Gasteiger partial charge in [-0.3, -0.25) is 0 Å². The number of nitrogens with one attached hydrogen (secondary N) is 1. The Hall–Kier alpha value is -1.45. The van der Waals surface area contributed by atoms with Crippen LogP contribution in [0.4, 0.5) is 0 Å². The van der Waals surface area contributed by atoms with E-state index in [-0.39, 0.29) is 12.1 Å². The standard InChI is InChI=1S/C18H21NOS/c1-3-19-18(14-8-6-7-13(2)11-14)16-12-21-17-10-5-4-9-15(17)20-16/h4-11,16,18-19H,3,12H2,1-2H3. The first-order valence-corrected chi connectivity index (χ1v) is 8.45. The highest BCUT2D eigenvalue weighted by Crippen LogP contribution is 2.38. The summed E-state index contributed by atoms with van der Waals surface area (Å²) in [4.78, 5) is 1.24. The molecule has 0 saturated carbocycles. The van der Waals surface area contributed by atoms with Crippen LogP contribution in [0.15, 0.2) is 53.4 Å². The number of thioether (sulfide) groups is 1. The van der Waals surface area contributed by atoms with E-state index in [1.807, 2.05) is 17.8 Å². The number of hydrogen-bond donors (Lipinski definition) is 1. The minimum atomic E-state index is 0.159. The van der Waals surface area contributed by atoms with Gasteiger partial charge in [0.2, 0.25) is 0 Å². The topological polar surface area (TPSA) is 21.3 Å². The van der Waals surface area contributed by atoms with Crippen LogP contribution in [0.2, 0.25) is 0 Å². The van der Waals surface area contributed by atoms with Gasteiger partial charge in [0.1, 0.15) is 11.9 Å². The summed E-state index contributed by atoms with van der Waals surface area (Å²) in [5, 5.41) is 3.59. The van der Waals surface area contributed by atoms with Gasteiger partial charge in [-0.1, -0.05) is 48.9 Å². The van der Waals surface area contributed by atoms with Gasteiger partial charge in [0.05, 0.1) is 6.04 Å². The third kappa shape index (κ3) is 3.25. The van der Waals surface area contributed by atoms with E-state index in [1.165, 1.54) is 16.0 Å². The zero-order valence-electron chi connectivity index (χ0n) is 12.5. The first-order valence-electron chi connectivity index (χ1n) is 7.46. The number of benzene rings is 2. The van der Waals surface area contributed by atoms with Gasteiger partial charge in [-0.15, -0.1) is 11.8 Å². The predicted octanol–water partition coefficient (Wildman–Crippen LogP) is 4.20. The second kappa shape index (κ2) is 6.54. The van der Waals surface area contributed by atoms with Gasteiger partial charge in [-0.2, -0.15) is 0 Å². The Morgan fingerprint density at radius 1 is 1.24 bits per heavy atom. The third-order valence-corrected chi connectivity index (χ3v) is 4.87. The van der Waals surface area contributed by atoms with Crippen LogP contribution in [0.5, 0.6) is 5.75 Å². The Bertz CT molecular complexity index is 614. The molecule has 0 saturated heterocycles. The number of ether oxygens (including phenoxy) is 1. The van der Waals surface area contributed by atoms with Crippen LogP contribution >= 0.6 is 11.8 Å². The van der Waals surface area contributed by atoms with E-state index in [2.05, 4.69) is 61.6 Å². The van der Waals surface area contributed by atoms with E-state index in [9.17, 15) is 0 Å². The highest BCUT2D eigenvalue weighted by molar-refractivity contribution is 7.99. The van der Waals surface area contributed by atoms with Crippen molar-refractivity contribution in [3.63, 3.8) is 0 Å². The van der Waals surface area contributed by atoms with Crippen molar-refractivity contribution < 1.29 is 4.74 Å². The van der Waals surface area contributed by atoms with Crippen molar-refractivity contribution in [2.75, 3.05) is 12.3 Å². The molecule has 3 rings (SSSR count). The summed E-state index contributed by atoms with van der Waals surface area (Å²) in [6, 6.07) is 17.2. The van der Waals surface area contributed by atoms with Gasteiger partial charge in [-0.05, 0) is 31.2 Å². The number of rotatable bonds is 4. The van der Waals surface area contributed by atoms with Crippen molar-refractivity contribution in [3.05, 3.63) is 59.7 Å². The molecule has 1 aliphatic rings. The fourth-order valence-corrected chi connectivity index (χ4v) is 3.79. The maximum absolute atomic E-state index is 6.26. The highest BCUT2D eigenvalue weighted by Gasteiger charge is 2.28. The molecule has 2 nitrogen and oxygen atoms in total. The molecule has 2 aromatic rings. The summed E-state index contributed by atoms with van der Waals surface area (Å²) in [5.41, 5.74) is 2.60. The van der Waals surface area contributed by atoms with Gasteiger partial charge in [0, 0.05) is 10.6 Å². The molecular weight excluding hydrogens is 278 g/mol. The summed E-state index contributed by atoms with van der Waals surface area (Å²) in [6.45, 7) is 5.22. The first-order chi connectivity index (χ1) is 10.3. The Balaban J connectivity index is 1.85. The molecule has 110 valence electrons. The number of fused-ring (bicyclic) bond motifs is 1. The van der Waals surface area contributed by atoms with Gasteiger partial charge in [-0.25, -0.2) is 0 Å². The van der Waals surface area contributed by atoms with Gasteiger partial charge in [0.25, 0.3) is 0 Å². The molecule has 0 aliphatic carbocycles. The van der Waals surface area contributed by atoms with Crippen molar-refractivity contribution in [3.8, 4) is 5.75 Å². The van der Waals surface area contributed by atoms with Crippen molar-refractivity contribution >= 4 is 11.8 Å². The molecule has 1 aliphatic heterocycles. The Morgan fingerprint density at radius 3 is 2.90 bits per heavy atom. The molecule has 2 atom stereocenters. The van der Waals surface area contributed by atoms with Gasteiger partial charge < -0.3 is 10.1 Å². The summed E-state index contributed by atoms with van der Waals surface area (Å²) in [6.07, 6.45) is 0.159. The molecule has 0 aromatic heterocycles. The maximum atomic E-state index is 6.26. The van der Waals surface area contributed by atoms with Gasteiger partial charge >= 0.3 is 0 Å². The van der Waals surface area contributed by atoms with Crippen LogP contribution in [-0.2, 0) is 0 Å². The molecule has 0 spiro atoms. The number of likely N-dealkylation sites (N-methyl/N-ethyl adjacent to an activating group) is 1. The SMILES string of the molecule is CCNC(c1cccc(C)c1)C1CSc2ccccc2O1. The molecule has 0 radical (unpaired) electrons. The zero-order chi connectivity index (χ0) is 14.7. The fourth-order valence-electron chi connectivity index (χ4n) is 2.75. The zero-order valence-corrected chi connectivity index (χ0v) is 13.3. The lowest BCUT2D eigenvalue weighted by molar-refractivity contribution is 0.167. The van der Waals surface area contributed by atoms with Gasteiger partial charge in [0.15, 0.2) is 0 Å². The summed E-state index contributed by atoms with van der Waals surface area (Å²) in [5.74, 6) is 1.98. The van der Waals surface area contributed by atoms with Crippen molar-refractivity contribution in [1.29, 1.82) is 0 Å². The Labute approximate surface area is 130 Å². The third-order valence-electron chi connectivity index (χ3n) is 3.73. The molecule has 0 fully saturated rings. The molecular formula is C18H21NOS. The maximum Gasteiger partial charge on any atom is 0.133 e. The van der Waals surface area contributed by atoms with E-state index >= 15 is 0 Å². The molecule has 2 unspecified atom stereocenters. The lowest BCUT2D eigenvalue weighted by atomic mass is 10.00. The van der Waals surface area contributed by atoms with E-state index in [0.29, 0.717) is 0 Å². The predicted molar refractivity (Wildman–Crippen MR) is 89.2 cm³/mol. The first kappa shape index (κ1) is 14.5. The minimum absolute atomic E-state index is 0.159. The largest absolute Gasteiger partial charge is 0.486 e. The lowest BCUT2D eigenvalue weighted by Crippen LogP contribution is -2.38. The molecule has 0 bridgehead atoms. The minimum Gasteiger partial charge on any atom is -0.486 e. The van der Waals surface area contributed by atoms with E-state index in [4.69, 9.17) is 4.74 Å². The lowest BCUT2D eigenvalue weighted by Gasteiger charge is -2.32. The van der Waals surface area contributed by atoms with E-state index in [1.54, 1.807) is 0 Å². The molecule has 3 heteroatoms. The monoisotopic (exact) mass is 299 g/mol. The van der Waals surface area contributed by atoms with Crippen LogP contribution in [-0.4, -0.2) is 18.4 Å². The van der Waals surface area contributed by atoms with Crippen molar-refractivity contribution in [1.82, 2.24) is 5.32 Å². The molecule has 2 aromatic carbocycles. The van der Waals surface area contributed by atoms with Crippen molar-refractivity contribution in [2.24, 2.45) is 0 Å². The summed E-state index contributed by atoms with van der Waals surface area (Å²) < 4.78 is 6.26. The summed E-state index contributed by atoms with van der Waals surface area (Å²) in [7, 11) is 0. The smallest absolute Gasteiger partial charge is 0.133 e. The van der Waals surface area contributed by atoms with Crippen LogP contribution in [0.1, 0.15) is 24.1 Å². The van der Waals surface area contributed by atoms with Crippen LogP contribution in [0.3, 0.4) is 0 Å². The highest BCUT2D eigenvalue weighted by atomic mass is 32.2. The van der Waals surface area contributed by atoms with E-state index < -0.39 is 0 Å². The average Bonchev–Trinajstić information content (AvgIpc) is 2.52. The molecule has 0 amide bonds. The van der Waals surface area contributed by atoms with E-state index in [0.717, 1.165) is 18.0 Å². The van der Waals surface area contributed by atoms with Crippen LogP contribution in [0, 0.1) is 6.92 Å². The van der Waals surface area contributed by atoms with Crippen LogP contribution < -0.4 is 10.1 Å². The number of para-hydroxylation sites is 1. The Kier molecular flexibility index (Phi) is 4.51. The number of hydrogen-bond acceptors (Lipinski definition) is 3. The molecule has 1 heterocycles. The molecule has 21 heavy (non-hydrogen) atoms. The average molecular weight is 299 g/mol. The molecule has 1 N–H and O–H groups in total. The van der Waals surface area contributed by atoms with Crippen LogP contribution in [0.25, 0.3) is 0 Å². The quantitative estimate of drug-likeness (QED) is 0.914. The Morgan fingerprint density at radius 2 is 2.10 bits per heavy atom. The fraction of sp³-hybridized carbons (Fsp3) is 0.333. The second-order valence-electron chi connectivity index (χ2n) is 5.36. The van der Waals surface area contributed by atoms with Crippen molar-refractivity contribution in [2.45, 2.75) is 30.9 Å².